The second-order valence-electron chi connectivity index (χ2n) is 5.91. The Kier molecular flexibility index (Phi) is 5.20. The van der Waals surface area contributed by atoms with E-state index >= 15 is 0 Å². The van der Waals surface area contributed by atoms with Gasteiger partial charge in [-0.1, -0.05) is 37.0 Å². The molecule has 0 unspecified atom stereocenters. The Balaban J connectivity index is 1.90. The summed E-state index contributed by atoms with van der Waals surface area (Å²) < 4.78 is 2.30. The molecule has 0 radical (unpaired) electrons. The van der Waals surface area contributed by atoms with Crippen molar-refractivity contribution < 1.29 is 0 Å². The van der Waals surface area contributed by atoms with E-state index in [-0.39, 0.29) is 0 Å². The lowest BCUT2D eigenvalue weighted by Gasteiger charge is -2.11. The van der Waals surface area contributed by atoms with Crippen molar-refractivity contribution in [2.45, 2.75) is 31.0 Å². The Labute approximate surface area is 150 Å². The molecule has 0 aliphatic rings. The van der Waals surface area contributed by atoms with E-state index in [0.29, 0.717) is 5.92 Å². The van der Waals surface area contributed by atoms with Crippen molar-refractivity contribution in [1.82, 2.24) is 9.55 Å². The number of rotatable bonds is 5. The first kappa shape index (κ1) is 16.7. The van der Waals surface area contributed by atoms with E-state index < -0.39 is 0 Å². The quantitative estimate of drug-likeness (QED) is 0.495. The van der Waals surface area contributed by atoms with Crippen molar-refractivity contribution in [3.05, 3.63) is 58.3 Å². The molecular formula is C18H18Cl2N2S. The van der Waals surface area contributed by atoms with Crippen LogP contribution < -0.4 is 0 Å². The summed E-state index contributed by atoms with van der Waals surface area (Å²) in [6.07, 6.45) is 0. The van der Waals surface area contributed by atoms with Gasteiger partial charge in [0.05, 0.1) is 16.8 Å². The first-order valence-electron chi connectivity index (χ1n) is 7.56. The lowest BCUT2D eigenvalue weighted by molar-refractivity contribution is 0.523. The molecule has 0 saturated heterocycles. The van der Waals surface area contributed by atoms with Gasteiger partial charge in [-0.25, -0.2) is 4.98 Å². The third kappa shape index (κ3) is 4.03. The average molecular weight is 365 g/mol. The van der Waals surface area contributed by atoms with E-state index in [9.17, 15) is 0 Å². The Morgan fingerprint density at radius 1 is 1.04 bits per heavy atom. The van der Waals surface area contributed by atoms with Gasteiger partial charge >= 0.3 is 0 Å². The molecule has 0 fully saturated rings. The van der Waals surface area contributed by atoms with E-state index in [1.165, 1.54) is 4.90 Å². The fourth-order valence-electron chi connectivity index (χ4n) is 2.51. The number of thioether (sulfide) groups is 1. The largest absolute Gasteiger partial charge is 0.327 e. The van der Waals surface area contributed by atoms with Crippen molar-refractivity contribution in [2.24, 2.45) is 5.92 Å². The summed E-state index contributed by atoms with van der Waals surface area (Å²) in [5.41, 5.74) is 2.11. The van der Waals surface area contributed by atoms with Crippen LogP contribution >= 0.6 is 35.0 Å². The van der Waals surface area contributed by atoms with E-state index in [1.54, 1.807) is 11.8 Å². The number of nitrogens with zero attached hydrogens (tertiary/aromatic N) is 2. The number of fused-ring (bicyclic) bond motifs is 1. The highest BCUT2D eigenvalue weighted by atomic mass is 35.5. The van der Waals surface area contributed by atoms with Gasteiger partial charge in [0.25, 0.3) is 0 Å². The zero-order chi connectivity index (χ0) is 16.4. The molecule has 0 aliphatic carbocycles. The lowest BCUT2D eigenvalue weighted by Crippen LogP contribution is -2.07. The van der Waals surface area contributed by atoms with Crippen LogP contribution in [0.3, 0.4) is 0 Å². The van der Waals surface area contributed by atoms with Crippen LogP contribution in [0.2, 0.25) is 10.0 Å². The summed E-state index contributed by atoms with van der Waals surface area (Å²) in [7, 11) is 0. The van der Waals surface area contributed by atoms with Crippen LogP contribution in [0.5, 0.6) is 0 Å². The summed E-state index contributed by atoms with van der Waals surface area (Å²) >= 11 is 13.8. The summed E-state index contributed by atoms with van der Waals surface area (Å²) in [6, 6.07) is 13.8. The maximum absolute atomic E-state index is 6.11. The molecule has 0 bridgehead atoms. The number of hydrogen-bond donors (Lipinski definition) is 0. The van der Waals surface area contributed by atoms with Crippen LogP contribution in [0.1, 0.15) is 19.7 Å². The van der Waals surface area contributed by atoms with Crippen LogP contribution in [0.25, 0.3) is 11.0 Å². The molecule has 0 N–H and O–H groups in total. The minimum absolute atomic E-state index is 0.558. The van der Waals surface area contributed by atoms with Gasteiger partial charge in [-0.3, -0.25) is 0 Å². The van der Waals surface area contributed by atoms with Gasteiger partial charge in [0.2, 0.25) is 0 Å². The van der Waals surface area contributed by atoms with Crippen molar-refractivity contribution in [3.63, 3.8) is 0 Å². The molecule has 1 heterocycles. The highest BCUT2D eigenvalue weighted by Gasteiger charge is 2.12. The molecule has 5 heteroatoms. The van der Waals surface area contributed by atoms with Crippen LogP contribution in [0, 0.1) is 5.92 Å². The molecule has 23 heavy (non-hydrogen) atoms. The lowest BCUT2D eigenvalue weighted by atomic mass is 10.2. The number of imidazole rings is 1. The van der Waals surface area contributed by atoms with Gasteiger partial charge in [-0.05, 0) is 48.4 Å². The molecule has 3 aromatic rings. The number of halogens is 2. The number of benzene rings is 2. The normalized spacial score (nSPS) is 11.5. The van der Waals surface area contributed by atoms with Crippen molar-refractivity contribution in [1.29, 1.82) is 0 Å². The standard InChI is InChI=1S/C18H18Cl2N2S/c1-12(2)10-22-17-8-5-14(20)9-16(17)21-18(22)11-23-15-6-3-13(19)4-7-15/h3-9,12H,10-11H2,1-2H3. The SMILES string of the molecule is CC(C)Cn1c(CSc2ccc(Cl)cc2)nc2cc(Cl)ccc21. The number of hydrogen-bond acceptors (Lipinski definition) is 2. The van der Waals surface area contributed by atoms with Gasteiger partial charge in [-0.15, -0.1) is 11.8 Å². The fourth-order valence-corrected chi connectivity index (χ4v) is 3.65. The van der Waals surface area contributed by atoms with Gasteiger partial charge in [0.15, 0.2) is 0 Å². The third-order valence-electron chi connectivity index (χ3n) is 3.52. The molecule has 2 nitrogen and oxygen atoms in total. The van der Waals surface area contributed by atoms with Gasteiger partial charge in [0.1, 0.15) is 5.82 Å². The molecule has 0 saturated carbocycles. The van der Waals surface area contributed by atoms with Gasteiger partial charge in [0, 0.05) is 21.5 Å². The summed E-state index contributed by atoms with van der Waals surface area (Å²) in [5, 5.41) is 1.49. The van der Waals surface area contributed by atoms with E-state index in [4.69, 9.17) is 28.2 Å². The molecule has 0 amide bonds. The van der Waals surface area contributed by atoms with E-state index in [2.05, 4.69) is 24.5 Å². The van der Waals surface area contributed by atoms with Gasteiger partial charge in [-0.2, -0.15) is 0 Å². The van der Waals surface area contributed by atoms with Crippen LogP contribution in [-0.2, 0) is 12.3 Å². The smallest absolute Gasteiger partial charge is 0.120 e. The minimum atomic E-state index is 0.558. The molecule has 1 aromatic heterocycles. The summed E-state index contributed by atoms with van der Waals surface area (Å²) in [5.74, 6) is 2.46. The molecule has 2 aromatic carbocycles. The van der Waals surface area contributed by atoms with Crippen LogP contribution in [-0.4, -0.2) is 9.55 Å². The van der Waals surface area contributed by atoms with Crippen molar-refractivity contribution >= 4 is 46.0 Å². The Morgan fingerprint density at radius 2 is 1.74 bits per heavy atom. The summed E-state index contributed by atoms with van der Waals surface area (Å²) in [4.78, 5) is 5.98. The minimum Gasteiger partial charge on any atom is -0.327 e. The molecule has 0 aliphatic heterocycles. The van der Waals surface area contributed by atoms with Crippen molar-refractivity contribution in [2.75, 3.05) is 0 Å². The summed E-state index contributed by atoms with van der Waals surface area (Å²) in [6.45, 7) is 5.39. The van der Waals surface area contributed by atoms with Crippen LogP contribution in [0.4, 0.5) is 0 Å². The monoisotopic (exact) mass is 364 g/mol. The second-order valence-corrected chi connectivity index (χ2v) is 7.83. The fraction of sp³-hybridized carbons (Fsp3) is 0.278. The average Bonchev–Trinajstić information content (AvgIpc) is 2.83. The number of aromatic nitrogens is 2. The third-order valence-corrected chi connectivity index (χ3v) is 5.01. The van der Waals surface area contributed by atoms with E-state index in [0.717, 1.165) is 39.2 Å². The Hall–Kier alpha value is -1.16. The van der Waals surface area contributed by atoms with Crippen LogP contribution in [0.15, 0.2) is 47.4 Å². The first-order chi connectivity index (χ1) is 11.0. The Bertz CT molecular complexity index is 810. The predicted octanol–water partition coefficient (Wildman–Crippen LogP) is 6.29. The Morgan fingerprint density at radius 3 is 2.43 bits per heavy atom. The highest BCUT2D eigenvalue weighted by molar-refractivity contribution is 7.98. The van der Waals surface area contributed by atoms with E-state index in [1.807, 2.05) is 36.4 Å². The highest BCUT2D eigenvalue weighted by Crippen LogP contribution is 2.27. The molecule has 0 atom stereocenters. The zero-order valence-electron chi connectivity index (χ0n) is 13.1. The maximum Gasteiger partial charge on any atom is 0.120 e. The molecular weight excluding hydrogens is 347 g/mol. The second kappa shape index (κ2) is 7.16. The van der Waals surface area contributed by atoms with Crippen molar-refractivity contribution in [3.8, 4) is 0 Å². The van der Waals surface area contributed by atoms with Gasteiger partial charge < -0.3 is 4.57 Å². The topological polar surface area (TPSA) is 17.8 Å². The predicted molar refractivity (Wildman–Crippen MR) is 101 cm³/mol. The molecule has 120 valence electrons. The molecule has 0 spiro atoms. The first-order valence-corrected chi connectivity index (χ1v) is 9.30. The molecule has 3 rings (SSSR count). The zero-order valence-corrected chi connectivity index (χ0v) is 15.4. The maximum atomic E-state index is 6.11.